The molecule has 0 aromatic heterocycles. The van der Waals surface area contributed by atoms with E-state index in [0.29, 0.717) is 0 Å². The van der Waals surface area contributed by atoms with E-state index in [1.54, 1.807) is 0 Å². The van der Waals surface area contributed by atoms with E-state index in [-0.39, 0.29) is 0 Å². The van der Waals surface area contributed by atoms with Gasteiger partial charge in [0, 0.05) is 18.8 Å². The summed E-state index contributed by atoms with van der Waals surface area (Å²) < 4.78 is 0. The number of aliphatic imine (C=N–C) groups is 1. The van der Waals surface area contributed by atoms with Gasteiger partial charge in [0.25, 0.3) is 0 Å². The molecule has 0 aliphatic heterocycles. The van der Waals surface area contributed by atoms with Crippen LogP contribution in [-0.2, 0) is 6.42 Å². The summed E-state index contributed by atoms with van der Waals surface area (Å²) in [5.41, 5.74) is 4.08. The molecule has 74 valence electrons. The zero-order chi connectivity index (χ0) is 10.4. The van der Waals surface area contributed by atoms with Gasteiger partial charge in [0.1, 0.15) is 0 Å². The minimum Gasteiger partial charge on any atom is -0.269 e. The molecule has 0 amide bonds. The van der Waals surface area contributed by atoms with Gasteiger partial charge in [0.2, 0.25) is 0 Å². The fourth-order valence-corrected chi connectivity index (χ4v) is 1.33. The lowest BCUT2D eigenvalue weighted by atomic mass is 10.0. The van der Waals surface area contributed by atoms with Gasteiger partial charge in [-0.1, -0.05) is 24.3 Å². The molecule has 1 nitrogen and oxygen atoms in total. The molecule has 14 heavy (non-hydrogen) atoms. The van der Waals surface area contributed by atoms with E-state index in [0.717, 1.165) is 6.42 Å². The van der Waals surface area contributed by atoms with E-state index in [9.17, 15) is 0 Å². The van der Waals surface area contributed by atoms with Gasteiger partial charge in [0.15, 0.2) is 0 Å². The molecule has 1 aromatic rings. The lowest BCUT2D eigenvalue weighted by Gasteiger charge is -2.04. The van der Waals surface area contributed by atoms with Crippen LogP contribution in [0.2, 0.25) is 0 Å². The average molecular weight is 187 g/mol. The quantitative estimate of drug-likeness (QED) is 0.643. The van der Waals surface area contributed by atoms with Gasteiger partial charge in [-0.25, -0.2) is 0 Å². The Hall–Kier alpha value is -1.37. The zero-order valence-electron chi connectivity index (χ0n) is 9.12. The zero-order valence-corrected chi connectivity index (χ0v) is 9.12. The highest BCUT2D eigenvalue weighted by Crippen LogP contribution is 2.12. The van der Waals surface area contributed by atoms with Gasteiger partial charge in [-0.05, 0) is 37.5 Å². The molecule has 0 saturated heterocycles. The summed E-state index contributed by atoms with van der Waals surface area (Å²) in [5, 5.41) is 0. The second-order valence-electron chi connectivity index (χ2n) is 3.38. The summed E-state index contributed by atoms with van der Waals surface area (Å²) in [7, 11) is 0. The molecule has 1 rings (SSSR count). The molecule has 0 aliphatic carbocycles. The predicted molar refractivity (Wildman–Crippen MR) is 62.9 cm³/mol. The van der Waals surface area contributed by atoms with Crippen molar-refractivity contribution in [3.63, 3.8) is 0 Å². The molecule has 0 atom stereocenters. The Morgan fingerprint density at radius 3 is 2.79 bits per heavy atom. The minimum atomic E-state index is 0.915. The van der Waals surface area contributed by atoms with Crippen LogP contribution in [0.1, 0.15) is 23.6 Å². The first-order valence-electron chi connectivity index (χ1n) is 4.93. The third-order valence-electron chi connectivity index (χ3n) is 2.37. The monoisotopic (exact) mass is 187 g/mol. The van der Waals surface area contributed by atoms with Crippen LogP contribution in [0.15, 0.2) is 35.5 Å². The van der Waals surface area contributed by atoms with Gasteiger partial charge >= 0.3 is 0 Å². The number of benzene rings is 1. The molecule has 0 radical (unpaired) electrons. The van der Waals surface area contributed by atoms with Crippen LogP contribution < -0.4 is 0 Å². The van der Waals surface area contributed by atoms with Crippen molar-refractivity contribution in [3.8, 4) is 0 Å². The summed E-state index contributed by atoms with van der Waals surface area (Å²) in [6.45, 7) is 6.27. The summed E-state index contributed by atoms with van der Waals surface area (Å²) in [5.74, 6) is 0. The van der Waals surface area contributed by atoms with Gasteiger partial charge in [0.05, 0.1) is 0 Å². The third-order valence-corrected chi connectivity index (χ3v) is 2.37. The van der Waals surface area contributed by atoms with Crippen molar-refractivity contribution in [2.45, 2.75) is 27.2 Å². The maximum Gasteiger partial charge on any atom is 0.0221 e. The smallest absolute Gasteiger partial charge is 0.0221 e. The van der Waals surface area contributed by atoms with Gasteiger partial charge in [-0.2, -0.15) is 0 Å². The van der Waals surface area contributed by atoms with Crippen molar-refractivity contribution in [1.29, 1.82) is 0 Å². The van der Waals surface area contributed by atoms with E-state index in [1.165, 1.54) is 16.7 Å². The lowest BCUT2D eigenvalue weighted by molar-refractivity contribution is 1.22. The van der Waals surface area contributed by atoms with Crippen LogP contribution >= 0.6 is 0 Å². The van der Waals surface area contributed by atoms with Gasteiger partial charge in [-0.15, -0.1) is 0 Å². The number of hydrogen-bond donors (Lipinski definition) is 0. The Kier molecular flexibility index (Phi) is 4.11. The molecule has 0 bridgehead atoms. The molecule has 0 N–H and O–H groups in total. The SMILES string of the molecule is C/C=C\N=CCc1cccc(C)c1C. The highest BCUT2D eigenvalue weighted by atomic mass is 14.7. The molecule has 0 aliphatic rings. The maximum absolute atomic E-state index is 4.15. The number of rotatable bonds is 3. The first kappa shape index (κ1) is 10.7. The predicted octanol–water partition coefficient (Wildman–Crippen LogP) is 3.45. The van der Waals surface area contributed by atoms with E-state index in [2.05, 4.69) is 37.0 Å². The first-order chi connectivity index (χ1) is 6.75. The fraction of sp³-hybridized carbons (Fsp3) is 0.308. The summed E-state index contributed by atoms with van der Waals surface area (Å²) in [6.07, 6.45) is 6.60. The maximum atomic E-state index is 4.15. The van der Waals surface area contributed by atoms with Gasteiger partial charge in [-0.3, -0.25) is 4.99 Å². The molecule has 0 heterocycles. The molecule has 0 saturated carbocycles. The van der Waals surface area contributed by atoms with Crippen molar-refractivity contribution in [1.82, 2.24) is 0 Å². The topological polar surface area (TPSA) is 12.4 Å². The van der Waals surface area contributed by atoms with E-state index < -0.39 is 0 Å². The van der Waals surface area contributed by atoms with Crippen LogP contribution in [0, 0.1) is 13.8 Å². The number of hydrogen-bond acceptors (Lipinski definition) is 1. The van der Waals surface area contributed by atoms with Crippen LogP contribution in [0.3, 0.4) is 0 Å². The lowest BCUT2D eigenvalue weighted by Crippen LogP contribution is -1.92. The Morgan fingerprint density at radius 2 is 2.07 bits per heavy atom. The van der Waals surface area contributed by atoms with Crippen molar-refractivity contribution < 1.29 is 0 Å². The Labute approximate surface area is 86.2 Å². The number of aryl methyl sites for hydroxylation is 1. The highest BCUT2D eigenvalue weighted by molar-refractivity contribution is 5.63. The normalized spacial score (nSPS) is 11.6. The average Bonchev–Trinajstić information content (AvgIpc) is 2.19. The molecule has 0 spiro atoms. The van der Waals surface area contributed by atoms with E-state index in [1.807, 2.05) is 25.4 Å². The summed E-state index contributed by atoms with van der Waals surface area (Å²) >= 11 is 0. The Morgan fingerprint density at radius 1 is 1.29 bits per heavy atom. The molecule has 0 fully saturated rings. The van der Waals surface area contributed by atoms with E-state index >= 15 is 0 Å². The molecular formula is C13H17N. The Bertz CT molecular complexity index is 348. The van der Waals surface area contributed by atoms with Crippen LogP contribution in [0.5, 0.6) is 0 Å². The second-order valence-corrected chi connectivity index (χ2v) is 3.38. The van der Waals surface area contributed by atoms with Crippen molar-refractivity contribution in [3.05, 3.63) is 47.2 Å². The number of nitrogens with zero attached hydrogens (tertiary/aromatic N) is 1. The first-order valence-corrected chi connectivity index (χ1v) is 4.93. The Balaban J connectivity index is 2.72. The summed E-state index contributed by atoms with van der Waals surface area (Å²) in [4.78, 5) is 4.15. The minimum absolute atomic E-state index is 0.915. The second kappa shape index (κ2) is 5.38. The molecule has 1 aromatic carbocycles. The largest absolute Gasteiger partial charge is 0.269 e. The fourth-order valence-electron chi connectivity index (χ4n) is 1.33. The van der Waals surface area contributed by atoms with Crippen molar-refractivity contribution >= 4 is 6.21 Å². The van der Waals surface area contributed by atoms with Crippen LogP contribution in [-0.4, -0.2) is 6.21 Å². The van der Waals surface area contributed by atoms with E-state index in [4.69, 9.17) is 0 Å². The summed E-state index contributed by atoms with van der Waals surface area (Å²) in [6, 6.07) is 6.40. The highest BCUT2D eigenvalue weighted by Gasteiger charge is 1.97. The molecule has 1 heteroatoms. The number of allylic oxidation sites excluding steroid dienone is 1. The third kappa shape index (κ3) is 2.84. The standard InChI is InChI=1S/C13H17N/c1-4-9-14-10-8-13-7-5-6-11(2)12(13)3/h4-7,9-10H,8H2,1-3H3/b9-4-,14-10?. The van der Waals surface area contributed by atoms with Crippen molar-refractivity contribution in [2.75, 3.05) is 0 Å². The van der Waals surface area contributed by atoms with Crippen LogP contribution in [0.25, 0.3) is 0 Å². The van der Waals surface area contributed by atoms with Crippen molar-refractivity contribution in [2.24, 2.45) is 4.99 Å². The van der Waals surface area contributed by atoms with Gasteiger partial charge < -0.3 is 0 Å². The molecular weight excluding hydrogens is 170 g/mol. The molecule has 0 unspecified atom stereocenters. The van der Waals surface area contributed by atoms with Crippen LogP contribution in [0.4, 0.5) is 0 Å².